The zero-order valence-corrected chi connectivity index (χ0v) is 10.6. The van der Waals surface area contributed by atoms with Crippen molar-refractivity contribution in [2.45, 2.75) is 31.4 Å². The molecule has 2 aliphatic heterocycles. The lowest BCUT2D eigenvalue weighted by Crippen LogP contribution is -2.47. The number of rotatable bonds is 2. The lowest BCUT2D eigenvalue weighted by molar-refractivity contribution is 0.403. The van der Waals surface area contributed by atoms with Gasteiger partial charge in [-0.05, 0) is 32.7 Å². The lowest BCUT2D eigenvalue weighted by Gasteiger charge is -2.31. The molecule has 0 aliphatic carbocycles. The first-order valence-corrected chi connectivity index (χ1v) is 7.46. The number of nitrogens with zero attached hydrogens (tertiary/aromatic N) is 1. The van der Waals surface area contributed by atoms with Crippen LogP contribution in [0.25, 0.3) is 0 Å². The third kappa shape index (κ3) is 2.47. The Balaban J connectivity index is 2.09. The van der Waals surface area contributed by atoms with E-state index in [1.165, 1.54) is 5.57 Å². The largest absolute Gasteiger partial charge is 0.315 e. The smallest absolute Gasteiger partial charge is 0.218 e. The van der Waals surface area contributed by atoms with Crippen LogP contribution in [0.2, 0.25) is 0 Å². The summed E-state index contributed by atoms with van der Waals surface area (Å²) in [5.41, 5.74) is 1.17. The first-order valence-electron chi connectivity index (χ1n) is 5.96. The highest BCUT2D eigenvalue weighted by Crippen LogP contribution is 2.20. The fraction of sp³-hybridized carbons (Fsp3) is 0.818. The Hall–Kier alpha value is -0.390. The Morgan fingerprint density at radius 1 is 1.50 bits per heavy atom. The van der Waals surface area contributed by atoms with E-state index in [0.29, 0.717) is 19.6 Å². The minimum atomic E-state index is -3.09. The quantitative estimate of drug-likeness (QED) is 0.728. The maximum atomic E-state index is 12.3. The average molecular weight is 244 g/mol. The van der Waals surface area contributed by atoms with Gasteiger partial charge in [0.05, 0.1) is 5.25 Å². The molecule has 0 aromatic rings. The van der Waals surface area contributed by atoms with Crippen LogP contribution in [0.4, 0.5) is 0 Å². The van der Waals surface area contributed by atoms with Crippen LogP contribution in [0.15, 0.2) is 11.6 Å². The predicted octanol–water partition coefficient (Wildman–Crippen LogP) is 0.720. The number of hydrogen-bond acceptors (Lipinski definition) is 3. The maximum absolute atomic E-state index is 12.3. The van der Waals surface area contributed by atoms with E-state index >= 15 is 0 Å². The Bertz CT molecular complexity index is 369. The van der Waals surface area contributed by atoms with Crippen LogP contribution in [0.1, 0.15) is 26.2 Å². The molecular formula is C11H20N2O2S. The van der Waals surface area contributed by atoms with Crippen molar-refractivity contribution in [2.75, 3.05) is 26.2 Å². The van der Waals surface area contributed by atoms with Crippen molar-refractivity contribution in [3.63, 3.8) is 0 Å². The van der Waals surface area contributed by atoms with Crippen molar-refractivity contribution in [2.24, 2.45) is 0 Å². The second kappa shape index (κ2) is 4.85. The SMILES string of the molecule is CC1=CCCN(S(=O)(=O)C2CCCNC2)C1. The summed E-state index contributed by atoms with van der Waals surface area (Å²) in [6.45, 7) is 4.79. The van der Waals surface area contributed by atoms with Gasteiger partial charge in [0.15, 0.2) is 0 Å². The van der Waals surface area contributed by atoms with Crippen LogP contribution in [-0.4, -0.2) is 44.2 Å². The molecule has 1 N–H and O–H groups in total. The second-order valence-corrected chi connectivity index (χ2v) is 6.90. The van der Waals surface area contributed by atoms with E-state index in [0.717, 1.165) is 25.8 Å². The summed E-state index contributed by atoms with van der Waals surface area (Å²) in [7, 11) is -3.09. The molecule has 1 saturated heterocycles. The average Bonchev–Trinajstić information content (AvgIpc) is 2.30. The number of piperidine rings is 1. The van der Waals surface area contributed by atoms with Crippen molar-refractivity contribution in [1.29, 1.82) is 0 Å². The van der Waals surface area contributed by atoms with Crippen molar-refractivity contribution in [3.8, 4) is 0 Å². The topological polar surface area (TPSA) is 49.4 Å². The monoisotopic (exact) mass is 244 g/mol. The third-order valence-electron chi connectivity index (χ3n) is 3.33. The molecule has 0 radical (unpaired) electrons. The van der Waals surface area contributed by atoms with Gasteiger partial charge >= 0.3 is 0 Å². The normalized spacial score (nSPS) is 28.8. The van der Waals surface area contributed by atoms with Gasteiger partial charge in [0.25, 0.3) is 0 Å². The minimum Gasteiger partial charge on any atom is -0.315 e. The van der Waals surface area contributed by atoms with Crippen LogP contribution < -0.4 is 5.32 Å². The van der Waals surface area contributed by atoms with Crippen molar-refractivity contribution >= 4 is 10.0 Å². The highest BCUT2D eigenvalue weighted by molar-refractivity contribution is 7.89. The number of nitrogens with one attached hydrogen (secondary N) is 1. The van der Waals surface area contributed by atoms with E-state index < -0.39 is 10.0 Å². The van der Waals surface area contributed by atoms with Crippen LogP contribution in [0.5, 0.6) is 0 Å². The molecule has 2 aliphatic rings. The van der Waals surface area contributed by atoms with Crippen LogP contribution in [0.3, 0.4) is 0 Å². The summed E-state index contributed by atoms with van der Waals surface area (Å²) < 4.78 is 26.3. The molecule has 2 heterocycles. The van der Waals surface area contributed by atoms with E-state index in [2.05, 4.69) is 11.4 Å². The fourth-order valence-corrected chi connectivity index (χ4v) is 4.34. The molecule has 0 aromatic heterocycles. The Labute approximate surface area is 97.8 Å². The number of hydrogen-bond donors (Lipinski definition) is 1. The summed E-state index contributed by atoms with van der Waals surface area (Å²) in [6, 6.07) is 0. The first kappa shape index (κ1) is 12.1. The molecule has 0 amide bonds. The molecule has 1 fully saturated rings. The van der Waals surface area contributed by atoms with Gasteiger partial charge in [0, 0.05) is 19.6 Å². The zero-order chi connectivity index (χ0) is 11.6. The summed E-state index contributed by atoms with van der Waals surface area (Å²) in [6.07, 6.45) is 4.75. The summed E-state index contributed by atoms with van der Waals surface area (Å²) >= 11 is 0. The molecule has 5 heteroatoms. The van der Waals surface area contributed by atoms with Gasteiger partial charge in [-0.15, -0.1) is 0 Å². The van der Waals surface area contributed by atoms with Crippen LogP contribution in [0, 0.1) is 0 Å². The molecule has 1 atom stereocenters. The zero-order valence-electron chi connectivity index (χ0n) is 9.78. The molecule has 92 valence electrons. The Morgan fingerprint density at radius 2 is 2.31 bits per heavy atom. The van der Waals surface area contributed by atoms with Crippen LogP contribution in [-0.2, 0) is 10.0 Å². The van der Waals surface area contributed by atoms with E-state index in [9.17, 15) is 8.42 Å². The highest BCUT2D eigenvalue weighted by Gasteiger charge is 2.33. The summed E-state index contributed by atoms with van der Waals surface area (Å²) in [5.74, 6) is 0. The van der Waals surface area contributed by atoms with Gasteiger partial charge in [0.2, 0.25) is 10.0 Å². The van der Waals surface area contributed by atoms with Crippen molar-refractivity contribution in [3.05, 3.63) is 11.6 Å². The van der Waals surface area contributed by atoms with Gasteiger partial charge < -0.3 is 5.32 Å². The van der Waals surface area contributed by atoms with Crippen LogP contribution >= 0.6 is 0 Å². The van der Waals surface area contributed by atoms with Gasteiger partial charge in [0.1, 0.15) is 0 Å². The lowest BCUT2D eigenvalue weighted by atomic mass is 10.2. The molecule has 0 bridgehead atoms. The Morgan fingerprint density at radius 3 is 2.94 bits per heavy atom. The van der Waals surface area contributed by atoms with Gasteiger partial charge in [-0.3, -0.25) is 0 Å². The molecule has 0 saturated carbocycles. The molecule has 16 heavy (non-hydrogen) atoms. The highest BCUT2D eigenvalue weighted by atomic mass is 32.2. The predicted molar refractivity (Wildman–Crippen MR) is 64.8 cm³/mol. The maximum Gasteiger partial charge on any atom is 0.218 e. The fourth-order valence-electron chi connectivity index (χ4n) is 2.38. The molecule has 0 aromatic carbocycles. The summed E-state index contributed by atoms with van der Waals surface area (Å²) in [5, 5.41) is 2.96. The van der Waals surface area contributed by atoms with Crippen molar-refractivity contribution in [1.82, 2.24) is 9.62 Å². The van der Waals surface area contributed by atoms with E-state index in [1.807, 2.05) is 6.92 Å². The standard InChI is InChI=1S/C11H20N2O2S/c1-10-4-3-7-13(9-10)16(14,15)11-5-2-6-12-8-11/h4,11-12H,2-3,5-9H2,1H3. The van der Waals surface area contributed by atoms with Crippen molar-refractivity contribution < 1.29 is 8.42 Å². The molecule has 2 rings (SSSR count). The van der Waals surface area contributed by atoms with Gasteiger partial charge in [-0.1, -0.05) is 11.6 Å². The molecule has 0 spiro atoms. The third-order valence-corrected chi connectivity index (χ3v) is 5.61. The number of sulfonamides is 1. The minimum absolute atomic E-state index is 0.216. The molecule has 1 unspecified atom stereocenters. The first-order chi connectivity index (χ1) is 7.60. The Kier molecular flexibility index (Phi) is 3.66. The molecular weight excluding hydrogens is 224 g/mol. The summed E-state index contributed by atoms with van der Waals surface area (Å²) in [4.78, 5) is 0. The molecule has 4 nitrogen and oxygen atoms in total. The van der Waals surface area contributed by atoms with E-state index in [4.69, 9.17) is 0 Å². The second-order valence-electron chi connectivity index (χ2n) is 4.69. The van der Waals surface area contributed by atoms with E-state index in [-0.39, 0.29) is 5.25 Å². The van der Waals surface area contributed by atoms with E-state index in [1.54, 1.807) is 4.31 Å². The van der Waals surface area contributed by atoms with Gasteiger partial charge in [-0.2, -0.15) is 4.31 Å². The van der Waals surface area contributed by atoms with Gasteiger partial charge in [-0.25, -0.2) is 8.42 Å².